The maximum Gasteiger partial charge on any atom is 0.227 e. The van der Waals surface area contributed by atoms with E-state index in [1.54, 1.807) is 7.11 Å². The SMILES string of the molecule is COC(CN)CC(=O)Nc1cccc(CN2CCSCC2)c1C. The van der Waals surface area contributed by atoms with Gasteiger partial charge in [-0.15, -0.1) is 0 Å². The molecule has 1 aliphatic heterocycles. The van der Waals surface area contributed by atoms with Crippen LogP contribution in [0.4, 0.5) is 5.69 Å². The van der Waals surface area contributed by atoms with Crippen LogP contribution in [-0.2, 0) is 16.1 Å². The molecule has 1 aliphatic rings. The van der Waals surface area contributed by atoms with Crippen molar-refractivity contribution in [3.8, 4) is 0 Å². The van der Waals surface area contributed by atoms with E-state index in [0.717, 1.165) is 30.9 Å². The van der Waals surface area contributed by atoms with Crippen LogP contribution >= 0.6 is 11.8 Å². The van der Waals surface area contributed by atoms with Crippen LogP contribution in [0.15, 0.2) is 18.2 Å². The van der Waals surface area contributed by atoms with Gasteiger partial charge in [0.2, 0.25) is 5.91 Å². The second-order valence-electron chi connectivity index (χ2n) is 5.82. The largest absolute Gasteiger partial charge is 0.380 e. The number of nitrogens with zero attached hydrogens (tertiary/aromatic N) is 1. The molecule has 0 spiro atoms. The topological polar surface area (TPSA) is 67.6 Å². The van der Waals surface area contributed by atoms with E-state index in [2.05, 4.69) is 23.2 Å². The highest BCUT2D eigenvalue weighted by Gasteiger charge is 2.15. The molecule has 1 aromatic rings. The summed E-state index contributed by atoms with van der Waals surface area (Å²) >= 11 is 2.01. The summed E-state index contributed by atoms with van der Waals surface area (Å²) in [4.78, 5) is 14.6. The average Bonchev–Trinajstić information content (AvgIpc) is 2.57. The van der Waals surface area contributed by atoms with Crippen molar-refractivity contribution in [1.29, 1.82) is 0 Å². The van der Waals surface area contributed by atoms with Gasteiger partial charge in [-0.2, -0.15) is 11.8 Å². The van der Waals surface area contributed by atoms with Gasteiger partial charge in [0, 0.05) is 50.5 Å². The molecule has 1 fully saturated rings. The molecule has 3 N–H and O–H groups in total. The molecule has 0 saturated carbocycles. The fourth-order valence-electron chi connectivity index (χ4n) is 2.66. The van der Waals surface area contributed by atoms with Gasteiger partial charge in [-0.25, -0.2) is 0 Å². The highest BCUT2D eigenvalue weighted by atomic mass is 32.2. The first-order valence-corrected chi connectivity index (χ1v) is 9.20. The second kappa shape index (κ2) is 9.27. The summed E-state index contributed by atoms with van der Waals surface area (Å²) in [5.41, 5.74) is 8.87. The number of rotatable bonds is 7. The zero-order valence-electron chi connectivity index (χ0n) is 14.0. The highest BCUT2D eigenvalue weighted by molar-refractivity contribution is 7.99. The molecule has 1 saturated heterocycles. The fourth-order valence-corrected chi connectivity index (χ4v) is 3.64. The van der Waals surface area contributed by atoms with Gasteiger partial charge < -0.3 is 15.8 Å². The predicted molar refractivity (Wildman–Crippen MR) is 96.9 cm³/mol. The van der Waals surface area contributed by atoms with E-state index in [1.165, 1.54) is 17.1 Å². The molecule has 23 heavy (non-hydrogen) atoms. The fraction of sp³-hybridized carbons (Fsp3) is 0.588. The molecule has 128 valence electrons. The van der Waals surface area contributed by atoms with Crippen molar-refractivity contribution in [2.75, 3.05) is 43.6 Å². The van der Waals surface area contributed by atoms with Gasteiger partial charge in [0.25, 0.3) is 0 Å². The molecule has 6 heteroatoms. The van der Waals surface area contributed by atoms with Crippen molar-refractivity contribution in [3.63, 3.8) is 0 Å². The molecule has 0 aromatic heterocycles. The number of amides is 1. The van der Waals surface area contributed by atoms with E-state index in [0.29, 0.717) is 6.54 Å². The molecule has 1 heterocycles. The van der Waals surface area contributed by atoms with E-state index < -0.39 is 0 Å². The lowest BCUT2D eigenvalue weighted by Gasteiger charge is -2.27. The Kier molecular flexibility index (Phi) is 7.36. The summed E-state index contributed by atoms with van der Waals surface area (Å²) in [5.74, 6) is 2.34. The van der Waals surface area contributed by atoms with E-state index in [1.807, 2.05) is 23.9 Å². The number of carbonyl (C=O) groups excluding carboxylic acids is 1. The Hall–Kier alpha value is -1.08. The zero-order valence-corrected chi connectivity index (χ0v) is 14.8. The standard InChI is InChI=1S/C17H27N3O2S/c1-13-14(12-20-6-8-23-9-7-20)4-3-5-16(13)19-17(21)10-15(11-18)22-2/h3-5,15H,6-12,18H2,1-2H3,(H,19,21). The van der Waals surface area contributed by atoms with Crippen molar-refractivity contribution >= 4 is 23.4 Å². The normalized spacial score (nSPS) is 17.0. The maximum absolute atomic E-state index is 12.1. The molecule has 0 aliphatic carbocycles. The summed E-state index contributed by atoms with van der Waals surface area (Å²) in [6, 6.07) is 6.10. The van der Waals surface area contributed by atoms with Crippen LogP contribution in [0, 0.1) is 6.92 Å². The smallest absolute Gasteiger partial charge is 0.227 e. The quantitative estimate of drug-likeness (QED) is 0.795. The minimum atomic E-state index is -0.232. The Morgan fingerprint density at radius 3 is 2.83 bits per heavy atom. The van der Waals surface area contributed by atoms with E-state index in [-0.39, 0.29) is 18.4 Å². The lowest BCUT2D eigenvalue weighted by Crippen LogP contribution is -2.32. The Balaban J connectivity index is 1.99. The third-order valence-corrected chi connectivity index (χ3v) is 5.17. The van der Waals surface area contributed by atoms with Crippen LogP contribution in [0.1, 0.15) is 17.5 Å². The van der Waals surface area contributed by atoms with Crippen molar-refractivity contribution in [3.05, 3.63) is 29.3 Å². The van der Waals surface area contributed by atoms with Gasteiger partial charge in [0.1, 0.15) is 0 Å². The molecule has 2 rings (SSSR count). The van der Waals surface area contributed by atoms with E-state index in [4.69, 9.17) is 10.5 Å². The van der Waals surface area contributed by atoms with Crippen LogP contribution in [0.3, 0.4) is 0 Å². The number of methoxy groups -OCH3 is 1. The molecule has 0 radical (unpaired) electrons. The number of benzene rings is 1. The number of nitrogens with one attached hydrogen (secondary N) is 1. The van der Waals surface area contributed by atoms with Crippen LogP contribution in [0.5, 0.6) is 0 Å². The minimum absolute atomic E-state index is 0.0584. The third-order valence-electron chi connectivity index (χ3n) is 4.23. The van der Waals surface area contributed by atoms with Gasteiger partial charge in [-0.1, -0.05) is 12.1 Å². The Morgan fingerprint density at radius 1 is 1.43 bits per heavy atom. The number of hydrogen-bond donors (Lipinski definition) is 2. The average molecular weight is 337 g/mol. The monoisotopic (exact) mass is 337 g/mol. The molecular formula is C17H27N3O2S. The highest BCUT2D eigenvalue weighted by Crippen LogP contribution is 2.22. The molecule has 1 amide bonds. The number of thioether (sulfide) groups is 1. The van der Waals surface area contributed by atoms with Gasteiger partial charge in [-0.05, 0) is 24.1 Å². The predicted octanol–water partition coefficient (Wildman–Crippen LogP) is 1.85. The van der Waals surface area contributed by atoms with Gasteiger partial charge in [0.15, 0.2) is 0 Å². The Bertz CT molecular complexity index is 515. The number of hydrogen-bond acceptors (Lipinski definition) is 5. The molecule has 0 bridgehead atoms. The first-order valence-electron chi connectivity index (χ1n) is 8.05. The number of carbonyl (C=O) groups is 1. The second-order valence-corrected chi connectivity index (χ2v) is 7.05. The zero-order chi connectivity index (χ0) is 16.7. The first-order chi connectivity index (χ1) is 11.1. The third kappa shape index (κ3) is 5.49. The van der Waals surface area contributed by atoms with Crippen LogP contribution in [-0.4, -0.2) is 55.2 Å². The number of anilines is 1. The van der Waals surface area contributed by atoms with Crippen LogP contribution in [0.2, 0.25) is 0 Å². The maximum atomic E-state index is 12.1. The van der Waals surface area contributed by atoms with Crippen LogP contribution < -0.4 is 11.1 Å². The van der Waals surface area contributed by atoms with Crippen molar-refractivity contribution in [2.45, 2.75) is 26.0 Å². The molecule has 1 aromatic carbocycles. The van der Waals surface area contributed by atoms with Crippen molar-refractivity contribution < 1.29 is 9.53 Å². The minimum Gasteiger partial charge on any atom is -0.380 e. The summed E-state index contributed by atoms with van der Waals surface area (Å²) in [6.45, 7) is 5.62. The van der Waals surface area contributed by atoms with Gasteiger partial charge in [-0.3, -0.25) is 9.69 Å². The summed E-state index contributed by atoms with van der Waals surface area (Å²) in [5, 5.41) is 2.99. The summed E-state index contributed by atoms with van der Waals surface area (Å²) < 4.78 is 5.17. The van der Waals surface area contributed by atoms with Crippen LogP contribution in [0.25, 0.3) is 0 Å². The van der Waals surface area contributed by atoms with Crippen molar-refractivity contribution in [1.82, 2.24) is 4.90 Å². The molecule has 1 atom stereocenters. The number of ether oxygens (including phenoxy) is 1. The van der Waals surface area contributed by atoms with Gasteiger partial charge >= 0.3 is 0 Å². The lowest BCUT2D eigenvalue weighted by atomic mass is 10.1. The molecule has 5 nitrogen and oxygen atoms in total. The van der Waals surface area contributed by atoms with E-state index >= 15 is 0 Å². The Labute approximate surface area is 142 Å². The molecule has 1 unspecified atom stereocenters. The molecular weight excluding hydrogens is 310 g/mol. The first kappa shape index (κ1) is 18.3. The lowest BCUT2D eigenvalue weighted by molar-refractivity contribution is -0.118. The summed E-state index contributed by atoms with van der Waals surface area (Å²) in [6.07, 6.45) is 0.0457. The van der Waals surface area contributed by atoms with E-state index in [9.17, 15) is 4.79 Å². The van der Waals surface area contributed by atoms with Gasteiger partial charge in [0.05, 0.1) is 12.5 Å². The summed E-state index contributed by atoms with van der Waals surface area (Å²) in [7, 11) is 1.58. The van der Waals surface area contributed by atoms with Crippen molar-refractivity contribution in [2.24, 2.45) is 5.73 Å². The Morgan fingerprint density at radius 2 is 2.17 bits per heavy atom. The number of nitrogens with two attached hydrogens (primary N) is 1.